The van der Waals surface area contributed by atoms with Crippen LogP contribution in [0.3, 0.4) is 0 Å². The molecule has 2 heterocycles. The minimum absolute atomic E-state index is 0.00210. The van der Waals surface area contributed by atoms with Crippen LogP contribution in [0.1, 0.15) is 19.8 Å². The summed E-state index contributed by atoms with van der Waals surface area (Å²) in [6.07, 6.45) is 3.61. The first-order chi connectivity index (χ1) is 8.15. The van der Waals surface area contributed by atoms with Gasteiger partial charge in [0.1, 0.15) is 0 Å². The summed E-state index contributed by atoms with van der Waals surface area (Å²) in [7, 11) is 0. The van der Waals surface area contributed by atoms with Crippen molar-refractivity contribution in [2.24, 2.45) is 5.73 Å². The summed E-state index contributed by atoms with van der Waals surface area (Å²) in [5.41, 5.74) is 5.89. The molecule has 1 aromatic heterocycles. The van der Waals surface area contributed by atoms with Crippen molar-refractivity contribution in [3.05, 3.63) is 11.6 Å². The molecule has 3 N–H and O–H groups in total. The Bertz CT molecular complexity index is 368. The number of hydrogen-bond donors (Lipinski definition) is 2. The molecule has 2 unspecified atom stereocenters. The van der Waals surface area contributed by atoms with Gasteiger partial charge in [0.05, 0.1) is 6.54 Å². The number of amides is 1. The highest BCUT2D eigenvalue weighted by Crippen LogP contribution is 2.16. The molecule has 1 aliphatic heterocycles. The second-order valence-corrected chi connectivity index (χ2v) is 5.38. The van der Waals surface area contributed by atoms with Gasteiger partial charge in [0, 0.05) is 30.2 Å². The molecule has 1 aliphatic rings. The van der Waals surface area contributed by atoms with Gasteiger partial charge in [-0.1, -0.05) is 0 Å². The van der Waals surface area contributed by atoms with Crippen LogP contribution in [0.4, 0.5) is 5.13 Å². The summed E-state index contributed by atoms with van der Waals surface area (Å²) in [5, 5.41) is 5.31. The Morgan fingerprint density at radius 2 is 2.59 bits per heavy atom. The highest BCUT2D eigenvalue weighted by molar-refractivity contribution is 7.13. The lowest BCUT2D eigenvalue weighted by Crippen LogP contribution is -2.48. The van der Waals surface area contributed by atoms with Gasteiger partial charge >= 0.3 is 0 Å². The predicted molar refractivity (Wildman–Crippen MR) is 69.0 cm³/mol. The van der Waals surface area contributed by atoms with E-state index >= 15 is 0 Å². The van der Waals surface area contributed by atoms with Gasteiger partial charge in [0.15, 0.2) is 5.13 Å². The Morgan fingerprint density at radius 1 is 1.76 bits per heavy atom. The van der Waals surface area contributed by atoms with Crippen LogP contribution < -0.4 is 11.1 Å². The summed E-state index contributed by atoms with van der Waals surface area (Å²) >= 11 is 1.43. The van der Waals surface area contributed by atoms with E-state index in [2.05, 4.69) is 22.1 Å². The topological polar surface area (TPSA) is 71.2 Å². The molecule has 2 rings (SSSR count). The van der Waals surface area contributed by atoms with E-state index in [4.69, 9.17) is 5.73 Å². The van der Waals surface area contributed by atoms with E-state index in [0.29, 0.717) is 17.7 Å². The lowest BCUT2D eigenvalue weighted by molar-refractivity contribution is -0.118. The van der Waals surface area contributed by atoms with Crippen molar-refractivity contribution in [3.63, 3.8) is 0 Å². The molecule has 2 atom stereocenters. The monoisotopic (exact) mass is 254 g/mol. The first-order valence-corrected chi connectivity index (χ1v) is 6.72. The summed E-state index contributed by atoms with van der Waals surface area (Å²) in [4.78, 5) is 18.0. The van der Waals surface area contributed by atoms with Crippen LogP contribution in [-0.2, 0) is 4.79 Å². The van der Waals surface area contributed by atoms with Crippen molar-refractivity contribution in [1.29, 1.82) is 0 Å². The lowest BCUT2D eigenvalue weighted by Gasteiger charge is -2.35. The molecule has 0 radical (unpaired) electrons. The highest BCUT2D eigenvalue weighted by Gasteiger charge is 2.24. The Hall–Kier alpha value is -0.980. The maximum atomic E-state index is 11.8. The number of aromatic nitrogens is 1. The maximum Gasteiger partial charge on any atom is 0.240 e. The molecule has 0 aliphatic carbocycles. The zero-order chi connectivity index (χ0) is 12.3. The van der Waals surface area contributed by atoms with Crippen LogP contribution >= 0.6 is 11.3 Å². The molecular weight excluding hydrogens is 236 g/mol. The number of carbonyl (C=O) groups excluding carboxylic acids is 1. The molecule has 0 aromatic carbocycles. The van der Waals surface area contributed by atoms with Crippen molar-refractivity contribution >= 4 is 22.4 Å². The van der Waals surface area contributed by atoms with E-state index in [1.54, 1.807) is 6.20 Å². The van der Waals surface area contributed by atoms with Gasteiger partial charge in [-0.05, 0) is 19.8 Å². The number of piperidine rings is 1. The molecule has 94 valence electrons. The smallest absolute Gasteiger partial charge is 0.240 e. The number of nitrogens with zero attached hydrogens (tertiary/aromatic N) is 2. The Kier molecular flexibility index (Phi) is 4.09. The Labute approximate surface area is 105 Å². The van der Waals surface area contributed by atoms with Gasteiger partial charge in [0.2, 0.25) is 5.91 Å². The van der Waals surface area contributed by atoms with Crippen molar-refractivity contribution in [1.82, 2.24) is 9.88 Å². The van der Waals surface area contributed by atoms with E-state index in [1.807, 2.05) is 5.38 Å². The normalized spacial score (nSPS) is 25.8. The predicted octanol–water partition coefficient (Wildman–Crippen LogP) is 0.893. The molecule has 6 heteroatoms. The fourth-order valence-corrected chi connectivity index (χ4v) is 2.67. The van der Waals surface area contributed by atoms with E-state index in [-0.39, 0.29) is 11.9 Å². The first-order valence-electron chi connectivity index (χ1n) is 5.84. The number of rotatable bonds is 3. The van der Waals surface area contributed by atoms with Crippen LogP contribution in [0.2, 0.25) is 0 Å². The molecule has 0 saturated carbocycles. The van der Waals surface area contributed by atoms with Gasteiger partial charge < -0.3 is 11.1 Å². The van der Waals surface area contributed by atoms with Gasteiger partial charge in [-0.25, -0.2) is 4.98 Å². The van der Waals surface area contributed by atoms with Crippen molar-refractivity contribution in [3.8, 4) is 0 Å². The molecular formula is C11H18N4OS. The molecule has 0 bridgehead atoms. The van der Waals surface area contributed by atoms with E-state index in [9.17, 15) is 4.79 Å². The zero-order valence-electron chi connectivity index (χ0n) is 9.93. The van der Waals surface area contributed by atoms with Crippen molar-refractivity contribution in [2.75, 3.05) is 18.4 Å². The minimum Gasteiger partial charge on any atom is -0.328 e. The van der Waals surface area contributed by atoms with Crippen molar-refractivity contribution < 1.29 is 4.79 Å². The number of nitrogens with two attached hydrogens (primary N) is 1. The number of likely N-dealkylation sites (tertiary alicyclic amines) is 1. The summed E-state index contributed by atoms with van der Waals surface area (Å²) in [5.74, 6) is 0.00210. The zero-order valence-corrected chi connectivity index (χ0v) is 10.7. The fourth-order valence-electron chi connectivity index (χ4n) is 2.12. The van der Waals surface area contributed by atoms with Crippen LogP contribution in [0.5, 0.6) is 0 Å². The van der Waals surface area contributed by atoms with Crippen LogP contribution in [0.25, 0.3) is 0 Å². The second kappa shape index (κ2) is 5.57. The highest BCUT2D eigenvalue weighted by atomic mass is 32.1. The van der Waals surface area contributed by atoms with E-state index in [0.717, 1.165) is 19.4 Å². The minimum atomic E-state index is 0.00210. The van der Waals surface area contributed by atoms with E-state index < -0.39 is 0 Å². The van der Waals surface area contributed by atoms with Gasteiger partial charge in [-0.15, -0.1) is 11.3 Å². The SMILES string of the molecule is CC1CC(N)CCN1CC(=O)Nc1nccs1. The molecule has 17 heavy (non-hydrogen) atoms. The lowest BCUT2D eigenvalue weighted by atomic mass is 9.99. The summed E-state index contributed by atoms with van der Waals surface area (Å²) in [6.45, 7) is 3.44. The number of anilines is 1. The first kappa shape index (κ1) is 12.5. The van der Waals surface area contributed by atoms with Gasteiger partial charge in [-0.3, -0.25) is 9.69 Å². The third-order valence-corrected chi connectivity index (χ3v) is 3.77. The number of carbonyl (C=O) groups is 1. The van der Waals surface area contributed by atoms with Gasteiger partial charge in [-0.2, -0.15) is 0 Å². The number of nitrogens with one attached hydrogen (secondary N) is 1. The number of thiazole rings is 1. The quantitative estimate of drug-likeness (QED) is 0.840. The average Bonchev–Trinajstić information content (AvgIpc) is 2.75. The molecule has 1 aromatic rings. The Morgan fingerprint density at radius 3 is 3.24 bits per heavy atom. The molecule has 5 nitrogen and oxygen atoms in total. The second-order valence-electron chi connectivity index (χ2n) is 4.49. The summed E-state index contributed by atoms with van der Waals surface area (Å²) < 4.78 is 0. The van der Waals surface area contributed by atoms with Gasteiger partial charge in [0.25, 0.3) is 0 Å². The van der Waals surface area contributed by atoms with Crippen LogP contribution in [-0.4, -0.2) is 41.0 Å². The standard InChI is InChI=1S/C11H18N4OS/c1-8-6-9(12)2-4-15(8)7-10(16)14-11-13-3-5-17-11/h3,5,8-9H,2,4,6-7,12H2,1H3,(H,13,14,16). The fraction of sp³-hybridized carbons (Fsp3) is 0.636. The van der Waals surface area contributed by atoms with Crippen LogP contribution in [0.15, 0.2) is 11.6 Å². The molecule has 1 saturated heterocycles. The molecule has 1 fully saturated rings. The Balaban J connectivity index is 1.82. The van der Waals surface area contributed by atoms with E-state index in [1.165, 1.54) is 11.3 Å². The third-order valence-electron chi connectivity index (χ3n) is 3.08. The van der Waals surface area contributed by atoms with Crippen LogP contribution in [0, 0.1) is 0 Å². The van der Waals surface area contributed by atoms with Crippen molar-refractivity contribution in [2.45, 2.75) is 31.8 Å². The third kappa shape index (κ3) is 3.49. The average molecular weight is 254 g/mol. The molecule has 1 amide bonds. The largest absolute Gasteiger partial charge is 0.328 e. The number of hydrogen-bond acceptors (Lipinski definition) is 5. The molecule has 0 spiro atoms. The summed E-state index contributed by atoms with van der Waals surface area (Å²) in [6, 6.07) is 0.657. The maximum absolute atomic E-state index is 11.8.